The Morgan fingerprint density at radius 2 is 1.95 bits per heavy atom. The van der Waals surface area contributed by atoms with Gasteiger partial charge in [-0.05, 0) is 60.4 Å². The molecule has 0 fully saturated rings. The molecule has 2 rings (SSSR count). The van der Waals surface area contributed by atoms with Gasteiger partial charge in [0.2, 0.25) is 0 Å². The van der Waals surface area contributed by atoms with E-state index >= 15 is 0 Å². The molecule has 0 bridgehead atoms. The van der Waals surface area contributed by atoms with Gasteiger partial charge >= 0.3 is 0 Å². The van der Waals surface area contributed by atoms with E-state index in [4.69, 9.17) is 5.26 Å². The molecule has 0 aliphatic rings. The molecule has 22 heavy (non-hydrogen) atoms. The van der Waals surface area contributed by atoms with Crippen LogP contribution in [0.5, 0.6) is 5.75 Å². The third kappa shape index (κ3) is 2.91. The first-order valence-corrected chi connectivity index (χ1v) is 6.83. The second-order valence-electron chi connectivity index (χ2n) is 5.02. The zero-order valence-corrected chi connectivity index (χ0v) is 12.5. The fourth-order valence-electron chi connectivity index (χ4n) is 2.38. The number of rotatable bonds is 3. The lowest BCUT2D eigenvalue weighted by molar-refractivity contribution is 0.475. The molecule has 0 spiro atoms. The lowest BCUT2D eigenvalue weighted by atomic mass is 9.90. The normalized spacial score (nSPS) is 11.1. The number of allylic oxidation sites excluding steroid dienone is 2. The molecule has 2 aromatic rings. The average molecular weight is 293 g/mol. The summed E-state index contributed by atoms with van der Waals surface area (Å²) in [5.74, 6) is -0.403. The van der Waals surface area contributed by atoms with Crippen molar-refractivity contribution in [1.29, 1.82) is 5.26 Å². The van der Waals surface area contributed by atoms with Gasteiger partial charge in [0, 0.05) is 0 Å². The molecule has 0 heterocycles. The Labute approximate surface area is 129 Å². The summed E-state index contributed by atoms with van der Waals surface area (Å²) in [6, 6.07) is 11.3. The van der Waals surface area contributed by atoms with Crippen LogP contribution in [0.1, 0.15) is 36.1 Å². The number of hydrogen-bond acceptors (Lipinski definition) is 2. The minimum absolute atomic E-state index is 0.00567. The highest BCUT2D eigenvalue weighted by molar-refractivity contribution is 5.87. The zero-order chi connectivity index (χ0) is 16.3. The minimum atomic E-state index is -0.544. The highest BCUT2D eigenvalue weighted by Crippen LogP contribution is 2.32. The van der Waals surface area contributed by atoms with Crippen LogP contribution in [0, 0.1) is 17.1 Å². The summed E-state index contributed by atoms with van der Waals surface area (Å²) in [6.45, 7) is 7.69. The van der Waals surface area contributed by atoms with E-state index < -0.39 is 5.82 Å². The number of phenolic OH excluding ortho intramolecular Hbond substituents is 1. The Hall–Kier alpha value is -2.86. The molecule has 110 valence electrons. The molecular formula is C19H16FNO. The molecule has 1 N–H and O–H groups in total. The third-order valence-corrected chi connectivity index (χ3v) is 3.44. The Bertz CT molecular complexity index is 813. The second-order valence-corrected chi connectivity index (χ2v) is 5.02. The number of nitrogens with zero attached hydrogens (tertiary/aromatic N) is 1. The third-order valence-electron chi connectivity index (χ3n) is 3.44. The molecule has 0 saturated heterocycles. The summed E-state index contributed by atoms with van der Waals surface area (Å²) in [7, 11) is 0. The van der Waals surface area contributed by atoms with E-state index in [1.54, 1.807) is 24.3 Å². The van der Waals surface area contributed by atoms with E-state index in [-0.39, 0.29) is 11.3 Å². The van der Waals surface area contributed by atoms with Gasteiger partial charge in [0.05, 0.1) is 5.56 Å². The Morgan fingerprint density at radius 1 is 1.23 bits per heavy atom. The van der Waals surface area contributed by atoms with E-state index in [2.05, 4.69) is 6.58 Å². The molecule has 0 aliphatic heterocycles. The number of phenols is 1. The molecule has 0 unspecified atom stereocenters. The van der Waals surface area contributed by atoms with E-state index in [9.17, 15) is 9.50 Å². The molecule has 2 aromatic carbocycles. The number of halogens is 1. The smallest absolute Gasteiger partial charge is 0.140 e. The monoisotopic (exact) mass is 293 g/mol. The van der Waals surface area contributed by atoms with Crippen LogP contribution in [0.2, 0.25) is 0 Å². The van der Waals surface area contributed by atoms with Gasteiger partial charge in [-0.15, -0.1) is 0 Å². The maximum Gasteiger partial charge on any atom is 0.140 e. The van der Waals surface area contributed by atoms with E-state index in [0.717, 1.165) is 22.3 Å². The van der Waals surface area contributed by atoms with Crippen molar-refractivity contribution in [3.05, 3.63) is 77.1 Å². The van der Waals surface area contributed by atoms with Gasteiger partial charge in [-0.1, -0.05) is 30.4 Å². The van der Waals surface area contributed by atoms with Gasteiger partial charge in [0.1, 0.15) is 17.6 Å². The molecule has 0 saturated carbocycles. The average Bonchev–Trinajstić information content (AvgIpc) is 2.49. The fourth-order valence-corrected chi connectivity index (χ4v) is 2.38. The molecular weight excluding hydrogens is 277 g/mol. The van der Waals surface area contributed by atoms with Crippen molar-refractivity contribution in [1.82, 2.24) is 0 Å². The van der Waals surface area contributed by atoms with Crippen LogP contribution in [0.3, 0.4) is 0 Å². The predicted molar refractivity (Wildman–Crippen MR) is 86.7 cm³/mol. The van der Waals surface area contributed by atoms with Crippen LogP contribution in [-0.2, 0) is 0 Å². The molecule has 0 aromatic heterocycles. The number of aromatic hydroxyl groups is 1. The van der Waals surface area contributed by atoms with Gasteiger partial charge < -0.3 is 5.11 Å². The lowest BCUT2D eigenvalue weighted by Crippen LogP contribution is -1.95. The summed E-state index contributed by atoms with van der Waals surface area (Å²) < 4.78 is 13.5. The van der Waals surface area contributed by atoms with Crippen molar-refractivity contribution in [3.63, 3.8) is 0 Å². The van der Waals surface area contributed by atoms with Crippen molar-refractivity contribution < 1.29 is 9.50 Å². The van der Waals surface area contributed by atoms with Crippen LogP contribution in [0.25, 0.3) is 11.1 Å². The second kappa shape index (κ2) is 6.28. The highest BCUT2D eigenvalue weighted by atomic mass is 19.1. The maximum absolute atomic E-state index is 13.5. The van der Waals surface area contributed by atoms with Crippen LogP contribution in [0.4, 0.5) is 4.39 Å². The predicted octanol–water partition coefficient (Wildman–Crippen LogP) is 4.89. The minimum Gasteiger partial charge on any atom is -0.508 e. The summed E-state index contributed by atoms with van der Waals surface area (Å²) in [5, 5.41) is 18.8. The van der Waals surface area contributed by atoms with Crippen molar-refractivity contribution in [3.8, 4) is 11.8 Å². The fraction of sp³-hybridized carbons (Fsp3) is 0.105. The topological polar surface area (TPSA) is 44.0 Å². The van der Waals surface area contributed by atoms with Crippen molar-refractivity contribution in [2.45, 2.75) is 13.8 Å². The largest absolute Gasteiger partial charge is 0.508 e. The van der Waals surface area contributed by atoms with E-state index in [0.29, 0.717) is 5.56 Å². The lowest BCUT2D eigenvalue weighted by Gasteiger charge is -2.14. The summed E-state index contributed by atoms with van der Waals surface area (Å²) in [5.41, 5.74) is 4.07. The Morgan fingerprint density at radius 3 is 2.55 bits per heavy atom. The first kappa shape index (κ1) is 15.5. The SMILES string of the molecule is C=C(C)c1ccc(O)cc1/C(=C\C)c1ccc(F)c(C#N)c1. The Kier molecular flexibility index (Phi) is 4.43. The quantitative estimate of drug-likeness (QED) is 0.875. The van der Waals surface area contributed by atoms with Crippen molar-refractivity contribution >= 4 is 11.1 Å². The van der Waals surface area contributed by atoms with Crippen molar-refractivity contribution in [2.24, 2.45) is 0 Å². The van der Waals surface area contributed by atoms with Gasteiger partial charge in [0.15, 0.2) is 0 Å². The first-order chi connectivity index (χ1) is 10.5. The standard InChI is InChI=1S/C19H16FNO/c1-4-16(13-5-8-19(20)14(9-13)11-21)18-10-15(22)6-7-17(18)12(2)3/h4-10,22H,2H2,1,3H3/b16-4-. The van der Waals surface area contributed by atoms with E-state index in [1.807, 2.05) is 26.0 Å². The molecule has 0 amide bonds. The van der Waals surface area contributed by atoms with Crippen LogP contribution in [0.15, 0.2) is 49.1 Å². The van der Waals surface area contributed by atoms with Crippen LogP contribution in [-0.4, -0.2) is 5.11 Å². The maximum atomic E-state index is 13.5. The number of hydrogen-bond donors (Lipinski definition) is 1. The van der Waals surface area contributed by atoms with Crippen LogP contribution >= 0.6 is 0 Å². The van der Waals surface area contributed by atoms with Gasteiger partial charge in [0.25, 0.3) is 0 Å². The Balaban J connectivity index is 2.67. The molecule has 3 heteroatoms. The highest BCUT2D eigenvalue weighted by Gasteiger charge is 2.13. The van der Waals surface area contributed by atoms with Gasteiger partial charge in [-0.2, -0.15) is 5.26 Å². The molecule has 2 nitrogen and oxygen atoms in total. The number of benzene rings is 2. The summed E-state index contributed by atoms with van der Waals surface area (Å²) >= 11 is 0. The summed E-state index contributed by atoms with van der Waals surface area (Å²) in [6.07, 6.45) is 1.87. The number of nitriles is 1. The van der Waals surface area contributed by atoms with Crippen molar-refractivity contribution in [2.75, 3.05) is 0 Å². The van der Waals surface area contributed by atoms with E-state index in [1.165, 1.54) is 12.1 Å². The zero-order valence-electron chi connectivity index (χ0n) is 12.5. The molecule has 0 radical (unpaired) electrons. The molecule has 0 atom stereocenters. The van der Waals surface area contributed by atoms with Gasteiger partial charge in [-0.25, -0.2) is 4.39 Å². The molecule has 0 aliphatic carbocycles. The van der Waals surface area contributed by atoms with Gasteiger partial charge in [-0.3, -0.25) is 0 Å². The van der Waals surface area contributed by atoms with Crippen LogP contribution < -0.4 is 0 Å². The first-order valence-electron chi connectivity index (χ1n) is 6.83. The summed E-state index contributed by atoms with van der Waals surface area (Å²) in [4.78, 5) is 0.